The first-order valence-electron chi connectivity index (χ1n) is 5.88. The van der Waals surface area contributed by atoms with Crippen molar-refractivity contribution >= 4 is 11.6 Å². The maximum Gasteiger partial charge on any atom is 0.274 e. The van der Waals surface area contributed by atoms with Gasteiger partial charge in [-0.05, 0) is 12.8 Å². The van der Waals surface area contributed by atoms with Gasteiger partial charge >= 0.3 is 0 Å². The number of carbonyl (C=O) groups excluding carboxylic acids is 1. The van der Waals surface area contributed by atoms with Crippen LogP contribution in [0.15, 0.2) is 0 Å². The van der Waals surface area contributed by atoms with E-state index in [1.54, 1.807) is 0 Å². The van der Waals surface area contributed by atoms with Crippen molar-refractivity contribution in [2.24, 2.45) is 0 Å². The molecule has 0 saturated heterocycles. The highest BCUT2D eigenvalue weighted by Crippen LogP contribution is 2.15. The van der Waals surface area contributed by atoms with Crippen molar-refractivity contribution in [3.63, 3.8) is 0 Å². The monoisotopic (exact) mass is 240 g/mol. The van der Waals surface area contributed by atoms with Gasteiger partial charge in [-0.15, -0.1) is 0 Å². The van der Waals surface area contributed by atoms with Gasteiger partial charge in [-0.25, -0.2) is 0 Å². The van der Waals surface area contributed by atoms with Gasteiger partial charge in [0.15, 0.2) is 5.69 Å². The third kappa shape index (κ3) is 3.20. The van der Waals surface area contributed by atoms with Crippen LogP contribution in [0, 0.1) is 0 Å². The molecule has 6 nitrogen and oxygen atoms in total. The Hall–Kier alpha value is -1.56. The number of rotatable bonds is 6. The summed E-state index contributed by atoms with van der Waals surface area (Å²) in [6, 6.07) is -0.256. The maximum absolute atomic E-state index is 11.8. The Kier molecular flexibility index (Phi) is 4.96. The molecule has 6 heteroatoms. The van der Waals surface area contributed by atoms with Gasteiger partial charge in [0.05, 0.1) is 24.0 Å². The molecule has 0 bridgehead atoms. The molecule has 0 aliphatic heterocycles. The number of nitrogens with one attached hydrogen (secondary N) is 2. The number of anilines is 1. The van der Waals surface area contributed by atoms with Gasteiger partial charge < -0.3 is 16.2 Å². The van der Waals surface area contributed by atoms with Crippen LogP contribution in [-0.4, -0.2) is 33.9 Å². The minimum atomic E-state index is -0.345. The summed E-state index contributed by atoms with van der Waals surface area (Å²) in [5.41, 5.74) is 7.23. The molecule has 0 saturated carbocycles. The fraction of sp³-hybridized carbons (Fsp3) is 0.636. The number of nitrogen functional groups attached to an aromatic ring is 1. The number of aliphatic hydroxyl groups excluding tert-OH is 1. The second-order valence-corrected chi connectivity index (χ2v) is 3.98. The van der Waals surface area contributed by atoms with Crippen LogP contribution >= 0.6 is 0 Å². The standard InChI is InChI=1S/C11H20N4O2/c1-3-5-8-9(12)10(15-14-8)11(17)13-7(4-2)6-16/h7,16H,3-6,12H2,1-2H3,(H,13,17)(H,14,15)/t7-/m0/s1. The molecule has 96 valence electrons. The van der Waals surface area contributed by atoms with Crippen molar-refractivity contribution in [3.05, 3.63) is 11.4 Å². The highest BCUT2D eigenvalue weighted by Gasteiger charge is 2.18. The third-order valence-corrected chi connectivity index (χ3v) is 2.65. The zero-order valence-electron chi connectivity index (χ0n) is 10.3. The fourth-order valence-corrected chi connectivity index (χ4v) is 1.53. The second kappa shape index (κ2) is 6.24. The van der Waals surface area contributed by atoms with E-state index in [0.717, 1.165) is 18.5 Å². The minimum absolute atomic E-state index is 0.0889. The lowest BCUT2D eigenvalue weighted by Gasteiger charge is -2.12. The van der Waals surface area contributed by atoms with Crippen LogP contribution in [0.2, 0.25) is 0 Å². The van der Waals surface area contributed by atoms with E-state index in [-0.39, 0.29) is 24.2 Å². The average Bonchev–Trinajstić information content (AvgIpc) is 2.68. The number of amides is 1. The summed E-state index contributed by atoms with van der Waals surface area (Å²) in [6.07, 6.45) is 2.36. The highest BCUT2D eigenvalue weighted by atomic mass is 16.3. The van der Waals surface area contributed by atoms with Crippen LogP contribution in [0.4, 0.5) is 5.69 Å². The number of aryl methyl sites for hydroxylation is 1. The van der Waals surface area contributed by atoms with Crippen LogP contribution in [0.5, 0.6) is 0 Å². The summed E-state index contributed by atoms with van der Waals surface area (Å²) in [7, 11) is 0. The van der Waals surface area contributed by atoms with E-state index in [4.69, 9.17) is 10.8 Å². The van der Waals surface area contributed by atoms with Crippen molar-refractivity contribution in [2.45, 2.75) is 39.2 Å². The number of carbonyl (C=O) groups is 1. The Labute approximate surface area is 101 Å². The van der Waals surface area contributed by atoms with Gasteiger partial charge in [-0.1, -0.05) is 20.3 Å². The summed E-state index contributed by atoms with van der Waals surface area (Å²) in [5.74, 6) is -0.345. The quantitative estimate of drug-likeness (QED) is 0.579. The molecule has 1 rings (SSSR count). The molecule has 5 N–H and O–H groups in total. The van der Waals surface area contributed by atoms with E-state index < -0.39 is 0 Å². The van der Waals surface area contributed by atoms with E-state index in [1.165, 1.54) is 0 Å². The normalized spacial score (nSPS) is 12.4. The smallest absolute Gasteiger partial charge is 0.274 e. The van der Waals surface area contributed by atoms with Gasteiger partial charge in [0.1, 0.15) is 0 Å². The van der Waals surface area contributed by atoms with E-state index in [0.29, 0.717) is 12.1 Å². The van der Waals surface area contributed by atoms with Crippen LogP contribution in [0.3, 0.4) is 0 Å². The summed E-state index contributed by atoms with van der Waals surface area (Å²) in [5, 5.41) is 18.4. The average molecular weight is 240 g/mol. The molecule has 1 aromatic heterocycles. The molecule has 0 fully saturated rings. The molecule has 1 heterocycles. The van der Waals surface area contributed by atoms with Crippen molar-refractivity contribution in [2.75, 3.05) is 12.3 Å². The van der Waals surface area contributed by atoms with Crippen LogP contribution in [-0.2, 0) is 6.42 Å². The molecule has 1 aromatic rings. The van der Waals surface area contributed by atoms with E-state index in [9.17, 15) is 4.79 Å². The third-order valence-electron chi connectivity index (χ3n) is 2.65. The maximum atomic E-state index is 11.8. The second-order valence-electron chi connectivity index (χ2n) is 3.98. The largest absolute Gasteiger partial charge is 0.395 e. The Morgan fingerprint density at radius 1 is 1.59 bits per heavy atom. The van der Waals surface area contributed by atoms with Gasteiger partial charge in [-0.2, -0.15) is 5.10 Å². The number of hydrogen-bond donors (Lipinski definition) is 4. The number of nitrogens with two attached hydrogens (primary N) is 1. The van der Waals surface area contributed by atoms with E-state index in [2.05, 4.69) is 15.5 Å². The molecular weight excluding hydrogens is 220 g/mol. The SMILES string of the molecule is CCCc1[nH]nc(C(=O)N[C@@H](CC)CO)c1N. The van der Waals surface area contributed by atoms with Crippen molar-refractivity contribution in [3.8, 4) is 0 Å². The first-order chi connectivity index (χ1) is 8.13. The Morgan fingerprint density at radius 3 is 2.82 bits per heavy atom. The Bertz CT molecular complexity index is 372. The van der Waals surface area contributed by atoms with Crippen molar-refractivity contribution in [1.29, 1.82) is 0 Å². The van der Waals surface area contributed by atoms with Crippen molar-refractivity contribution in [1.82, 2.24) is 15.5 Å². The van der Waals surface area contributed by atoms with Crippen LogP contribution < -0.4 is 11.1 Å². The number of aromatic amines is 1. The Balaban J connectivity index is 2.75. The predicted octanol–water partition coefficient (Wildman–Crippen LogP) is 0.445. The number of H-pyrrole nitrogens is 1. The molecule has 1 atom stereocenters. The fourth-order valence-electron chi connectivity index (χ4n) is 1.53. The number of hydrogen-bond acceptors (Lipinski definition) is 4. The van der Waals surface area contributed by atoms with Crippen molar-refractivity contribution < 1.29 is 9.90 Å². The minimum Gasteiger partial charge on any atom is -0.395 e. The van der Waals surface area contributed by atoms with Gasteiger partial charge in [-0.3, -0.25) is 9.89 Å². The number of aromatic nitrogens is 2. The topological polar surface area (TPSA) is 104 Å². The molecule has 0 aliphatic rings. The zero-order valence-corrected chi connectivity index (χ0v) is 10.3. The lowest BCUT2D eigenvalue weighted by atomic mass is 10.2. The molecule has 0 aliphatic carbocycles. The molecule has 1 amide bonds. The molecular formula is C11H20N4O2. The van der Waals surface area contributed by atoms with E-state index >= 15 is 0 Å². The summed E-state index contributed by atoms with van der Waals surface area (Å²) in [4.78, 5) is 11.8. The molecule has 0 radical (unpaired) electrons. The van der Waals surface area contributed by atoms with Crippen LogP contribution in [0.1, 0.15) is 42.9 Å². The lowest BCUT2D eigenvalue weighted by Crippen LogP contribution is -2.37. The first-order valence-corrected chi connectivity index (χ1v) is 5.88. The highest BCUT2D eigenvalue weighted by molar-refractivity contribution is 5.97. The lowest BCUT2D eigenvalue weighted by molar-refractivity contribution is 0.0910. The number of nitrogens with zero attached hydrogens (tertiary/aromatic N) is 1. The summed E-state index contributed by atoms with van der Waals surface area (Å²) < 4.78 is 0. The van der Waals surface area contributed by atoms with Gasteiger partial charge in [0, 0.05) is 0 Å². The van der Waals surface area contributed by atoms with E-state index in [1.807, 2.05) is 13.8 Å². The summed E-state index contributed by atoms with van der Waals surface area (Å²) >= 11 is 0. The molecule has 0 spiro atoms. The molecule has 0 unspecified atom stereocenters. The first kappa shape index (κ1) is 13.5. The van der Waals surface area contributed by atoms with Crippen LogP contribution in [0.25, 0.3) is 0 Å². The van der Waals surface area contributed by atoms with Gasteiger partial charge in [0.2, 0.25) is 0 Å². The zero-order chi connectivity index (χ0) is 12.8. The predicted molar refractivity (Wildman–Crippen MR) is 65.6 cm³/mol. The Morgan fingerprint density at radius 2 is 2.29 bits per heavy atom. The van der Waals surface area contributed by atoms with Gasteiger partial charge in [0.25, 0.3) is 5.91 Å². The summed E-state index contributed by atoms with van der Waals surface area (Å²) in [6.45, 7) is 3.82. The molecule has 0 aromatic carbocycles. The molecule has 17 heavy (non-hydrogen) atoms. The number of aliphatic hydroxyl groups is 1.